The van der Waals surface area contributed by atoms with E-state index in [0.29, 0.717) is 13.0 Å². The van der Waals surface area contributed by atoms with Crippen molar-refractivity contribution < 1.29 is 4.79 Å². The van der Waals surface area contributed by atoms with E-state index in [9.17, 15) is 4.79 Å². The molecule has 0 spiro atoms. The average Bonchev–Trinajstić information content (AvgIpc) is 2.34. The zero-order chi connectivity index (χ0) is 13.5. The predicted molar refractivity (Wildman–Crippen MR) is 76.6 cm³/mol. The third-order valence-electron chi connectivity index (χ3n) is 3.01. The van der Waals surface area contributed by atoms with Crippen LogP contribution in [0.2, 0.25) is 0 Å². The van der Waals surface area contributed by atoms with Crippen molar-refractivity contribution in [1.82, 2.24) is 5.32 Å². The number of para-hydroxylation sites is 1. The SMILES string of the molecule is CCC(C)NC(=O)CCNc1cccc(C)c1N. The Bertz CT molecular complexity index is 404. The maximum atomic E-state index is 11.6. The van der Waals surface area contributed by atoms with Crippen molar-refractivity contribution in [3.05, 3.63) is 23.8 Å². The summed E-state index contributed by atoms with van der Waals surface area (Å²) < 4.78 is 0. The Morgan fingerprint density at radius 2 is 2.17 bits per heavy atom. The lowest BCUT2D eigenvalue weighted by Gasteiger charge is -2.13. The molecule has 0 fully saturated rings. The maximum Gasteiger partial charge on any atom is 0.221 e. The average molecular weight is 249 g/mol. The number of anilines is 2. The van der Waals surface area contributed by atoms with E-state index in [1.54, 1.807) is 0 Å². The summed E-state index contributed by atoms with van der Waals surface area (Å²) in [5.41, 5.74) is 8.63. The van der Waals surface area contributed by atoms with Crippen molar-refractivity contribution >= 4 is 17.3 Å². The molecule has 1 rings (SSSR count). The number of nitrogens with one attached hydrogen (secondary N) is 2. The van der Waals surface area contributed by atoms with Crippen molar-refractivity contribution in [1.29, 1.82) is 0 Å². The molecule has 0 bridgehead atoms. The first-order valence-electron chi connectivity index (χ1n) is 6.43. The first-order valence-corrected chi connectivity index (χ1v) is 6.43. The van der Waals surface area contributed by atoms with E-state index in [-0.39, 0.29) is 11.9 Å². The molecule has 0 saturated carbocycles. The number of amides is 1. The van der Waals surface area contributed by atoms with E-state index in [2.05, 4.69) is 17.6 Å². The molecule has 1 atom stereocenters. The van der Waals surface area contributed by atoms with Crippen molar-refractivity contribution in [2.45, 2.75) is 39.7 Å². The highest BCUT2D eigenvalue weighted by Gasteiger charge is 2.06. The van der Waals surface area contributed by atoms with E-state index in [4.69, 9.17) is 5.73 Å². The van der Waals surface area contributed by atoms with Crippen LogP contribution < -0.4 is 16.4 Å². The van der Waals surface area contributed by atoms with Gasteiger partial charge < -0.3 is 16.4 Å². The standard InChI is InChI=1S/C14H23N3O/c1-4-11(3)17-13(18)8-9-16-12-7-5-6-10(2)14(12)15/h5-7,11,16H,4,8-9,15H2,1-3H3,(H,17,18). The van der Waals surface area contributed by atoms with Gasteiger partial charge in [-0.1, -0.05) is 19.1 Å². The smallest absolute Gasteiger partial charge is 0.221 e. The number of rotatable bonds is 6. The molecule has 0 aliphatic rings. The first-order chi connectivity index (χ1) is 8.54. The van der Waals surface area contributed by atoms with E-state index in [1.165, 1.54) is 0 Å². The number of carbonyl (C=O) groups is 1. The van der Waals surface area contributed by atoms with E-state index in [0.717, 1.165) is 23.4 Å². The molecule has 4 N–H and O–H groups in total. The lowest BCUT2D eigenvalue weighted by atomic mass is 10.1. The summed E-state index contributed by atoms with van der Waals surface area (Å²) in [5.74, 6) is 0.0723. The summed E-state index contributed by atoms with van der Waals surface area (Å²) in [6.07, 6.45) is 1.40. The van der Waals surface area contributed by atoms with Gasteiger partial charge in [0.25, 0.3) is 0 Å². The highest BCUT2D eigenvalue weighted by Crippen LogP contribution is 2.21. The molecular formula is C14H23N3O. The van der Waals surface area contributed by atoms with Crippen molar-refractivity contribution in [3.63, 3.8) is 0 Å². The van der Waals surface area contributed by atoms with Gasteiger partial charge in [-0.3, -0.25) is 4.79 Å². The van der Waals surface area contributed by atoms with Gasteiger partial charge in [0.05, 0.1) is 11.4 Å². The molecule has 0 heterocycles. The number of nitrogen functional groups attached to an aromatic ring is 1. The van der Waals surface area contributed by atoms with Gasteiger partial charge in [-0.25, -0.2) is 0 Å². The maximum absolute atomic E-state index is 11.6. The minimum atomic E-state index is 0.0723. The molecule has 1 unspecified atom stereocenters. The fourth-order valence-corrected chi connectivity index (χ4v) is 1.59. The van der Waals surface area contributed by atoms with Crippen LogP contribution in [0, 0.1) is 6.92 Å². The number of carbonyl (C=O) groups excluding carboxylic acids is 1. The van der Waals surface area contributed by atoms with E-state index < -0.39 is 0 Å². The van der Waals surface area contributed by atoms with Crippen LogP contribution >= 0.6 is 0 Å². The largest absolute Gasteiger partial charge is 0.397 e. The van der Waals surface area contributed by atoms with Crippen LogP contribution in [0.3, 0.4) is 0 Å². The molecule has 1 amide bonds. The molecule has 0 radical (unpaired) electrons. The second-order valence-corrected chi connectivity index (χ2v) is 4.59. The van der Waals surface area contributed by atoms with Crippen molar-refractivity contribution in [2.75, 3.05) is 17.6 Å². The van der Waals surface area contributed by atoms with Crippen LogP contribution in [-0.4, -0.2) is 18.5 Å². The topological polar surface area (TPSA) is 67.2 Å². The third-order valence-corrected chi connectivity index (χ3v) is 3.01. The number of nitrogens with two attached hydrogens (primary N) is 1. The lowest BCUT2D eigenvalue weighted by molar-refractivity contribution is -0.121. The van der Waals surface area contributed by atoms with E-state index >= 15 is 0 Å². The normalized spacial score (nSPS) is 11.9. The number of aryl methyl sites for hydroxylation is 1. The Hall–Kier alpha value is -1.71. The number of hydrogen-bond donors (Lipinski definition) is 3. The van der Waals surface area contributed by atoms with Gasteiger partial charge in [0, 0.05) is 19.0 Å². The summed E-state index contributed by atoms with van der Waals surface area (Å²) in [5, 5.41) is 6.12. The minimum Gasteiger partial charge on any atom is -0.397 e. The van der Waals surface area contributed by atoms with Crippen LogP contribution in [0.1, 0.15) is 32.3 Å². The number of benzene rings is 1. The van der Waals surface area contributed by atoms with Gasteiger partial charge in [-0.15, -0.1) is 0 Å². The zero-order valence-electron chi connectivity index (χ0n) is 11.4. The molecule has 4 heteroatoms. The molecule has 100 valence electrons. The van der Waals surface area contributed by atoms with Gasteiger partial charge in [0.15, 0.2) is 0 Å². The Kier molecular flexibility index (Phi) is 5.49. The molecule has 0 aliphatic heterocycles. The molecule has 0 saturated heterocycles. The monoisotopic (exact) mass is 249 g/mol. The molecule has 18 heavy (non-hydrogen) atoms. The van der Waals surface area contributed by atoms with Crippen LogP contribution in [0.5, 0.6) is 0 Å². The zero-order valence-corrected chi connectivity index (χ0v) is 11.4. The van der Waals surface area contributed by atoms with E-state index in [1.807, 2.05) is 32.0 Å². The van der Waals surface area contributed by atoms with Gasteiger partial charge in [-0.2, -0.15) is 0 Å². The van der Waals surface area contributed by atoms with Crippen LogP contribution in [-0.2, 0) is 4.79 Å². The lowest BCUT2D eigenvalue weighted by Crippen LogP contribution is -2.33. The third kappa shape index (κ3) is 4.28. The second kappa shape index (κ2) is 6.89. The van der Waals surface area contributed by atoms with Crippen molar-refractivity contribution in [3.8, 4) is 0 Å². The summed E-state index contributed by atoms with van der Waals surface area (Å²) in [6.45, 7) is 6.62. The first kappa shape index (κ1) is 14.4. The van der Waals surface area contributed by atoms with Gasteiger partial charge in [0.1, 0.15) is 0 Å². The molecule has 1 aromatic rings. The van der Waals surface area contributed by atoms with Gasteiger partial charge in [-0.05, 0) is 31.9 Å². The summed E-state index contributed by atoms with van der Waals surface area (Å²) in [4.78, 5) is 11.6. The molecule has 4 nitrogen and oxygen atoms in total. The quantitative estimate of drug-likeness (QED) is 0.678. The van der Waals surface area contributed by atoms with Gasteiger partial charge in [0.2, 0.25) is 5.91 Å². The Morgan fingerprint density at radius 1 is 1.44 bits per heavy atom. The van der Waals surface area contributed by atoms with Crippen LogP contribution in [0.4, 0.5) is 11.4 Å². The highest BCUT2D eigenvalue weighted by molar-refractivity contribution is 5.77. The molecule has 1 aromatic carbocycles. The van der Waals surface area contributed by atoms with Gasteiger partial charge >= 0.3 is 0 Å². The number of hydrogen-bond acceptors (Lipinski definition) is 3. The second-order valence-electron chi connectivity index (χ2n) is 4.59. The summed E-state index contributed by atoms with van der Waals surface area (Å²) in [7, 11) is 0. The molecule has 0 aromatic heterocycles. The summed E-state index contributed by atoms with van der Waals surface area (Å²) in [6, 6.07) is 6.08. The Labute approximate surface area is 109 Å². The highest BCUT2D eigenvalue weighted by atomic mass is 16.1. The predicted octanol–water partition coefficient (Wildman–Crippen LogP) is 2.29. The molecule has 0 aliphatic carbocycles. The molecular weight excluding hydrogens is 226 g/mol. The summed E-state index contributed by atoms with van der Waals surface area (Å²) >= 11 is 0. The van der Waals surface area contributed by atoms with Crippen LogP contribution in [0.25, 0.3) is 0 Å². The minimum absolute atomic E-state index is 0.0723. The van der Waals surface area contributed by atoms with Crippen molar-refractivity contribution in [2.24, 2.45) is 0 Å². The Morgan fingerprint density at radius 3 is 2.83 bits per heavy atom. The van der Waals surface area contributed by atoms with Crippen LogP contribution in [0.15, 0.2) is 18.2 Å². The fourth-order valence-electron chi connectivity index (χ4n) is 1.59. The Balaban J connectivity index is 2.38. The fraction of sp³-hybridized carbons (Fsp3) is 0.500.